The third-order valence-corrected chi connectivity index (χ3v) is 5.49. The first kappa shape index (κ1) is 18.3. The lowest BCUT2D eigenvalue weighted by Crippen LogP contribution is -2.41. The van der Waals surface area contributed by atoms with Crippen LogP contribution in [0, 0.1) is 11.6 Å². The van der Waals surface area contributed by atoms with Gasteiger partial charge in [-0.2, -0.15) is 0 Å². The first-order valence-electron chi connectivity index (χ1n) is 9.04. The fraction of sp³-hybridized carbons (Fsp3) is 0.286. The molecule has 2 aliphatic rings. The Morgan fingerprint density at radius 2 is 1.82 bits per heavy atom. The van der Waals surface area contributed by atoms with Gasteiger partial charge in [-0.25, -0.2) is 13.6 Å². The highest BCUT2D eigenvalue weighted by Gasteiger charge is 2.49. The average Bonchev–Trinajstić information content (AvgIpc) is 3.22. The second kappa shape index (κ2) is 6.51. The largest absolute Gasteiger partial charge is 0.325 e. The number of nitrogens with zero attached hydrogens (tertiary/aromatic N) is 1. The fourth-order valence-electron chi connectivity index (χ4n) is 3.82. The van der Waals surface area contributed by atoms with Gasteiger partial charge >= 0.3 is 6.03 Å². The summed E-state index contributed by atoms with van der Waals surface area (Å²) in [6.45, 7) is 0.989. The number of fused-ring (bicyclic) bond motifs is 1. The third kappa shape index (κ3) is 2.87. The molecule has 0 unspecified atom stereocenters. The molecule has 1 aliphatic heterocycles. The molecule has 1 saturated heterocycles. The Kier molecular flexibility index (Phi) is 4.25. The quantitative estimate of drug-likeness (QED) is 0.651. The molecule has 4 rings (SSSR count). The van der Waals surface area contributed by atoms with Gasteiger partial charge in [0.25, 0.3) is 5.91 Å². The van der Waals surface area contributed by atoms with Crippen LogP contribution >= 0.6 is 0 Å². The van der Waals surface area contributed by atoms with Crippen molar-refractivity contribution in [2.24, 2.45) is 0 Å². The molecule has 2 aromatic rings. The van der Waals surface area contributed by atoms with Gasteiger partial charge in [-0.1, -0.05) is 18.2 Å². The van der Waals surface area contributed by atoms with E-state index in [0.717, 1.165) is 41.9 Å². The molecule has 1 heterocycles. The number of nitrogens with one attached hydrogen (secondary N) is 1. The number of carbonyl (C=O) groups is 3. The summed E-state index contributed by atoms with van der Waals surface area (Å²) in [4.78, 5) is 38.7. The molecular weight excluding hydrogens is 366 g/mol. The number of aryl methyl sites for hydroxylation is 2. The van der Waals surface area contributed by atoms with Crippen molar-refractivity contribution in [3.63, 3.8) is 0 Å². The summed E-state index contributed by atoms with van der Waals surface area (Å²) in [5, 5.41) is 2.49. The monoisotopic (exact) mass is 384 g/mol. The predicted octanol–water partition coefficient (Wildman–Crippen LogP) is 3.10. The van der Waals surface area contributed by atoms with E-state index in [1.165, 1.54) is 18.6 Å². The lowest BCUT2D eigenvalue weighted by Gasteiger charge is -2.22. The minimum absolute atomic E-state index is 0.109. The molecular formula is C21H18F2N2O3. The highest BCUT2D eigenvalue weighted by molar-refractivity contribution is 6.11. The number of urea groups is 1. The number of Topliss-reactive ketones (excluding diaryl/α,β-unsaturated/α-hetero) is 1. The van der Waals surface area contributed by atoms with E-state index in [1.807, 2.05) is 12.1 Å². The zero-order valence-corrected chi connectivity index (χ0v) is 15.2. The normalized spacial score (nSPS) is 21.0. The zero-order valence-electron chi connectivity index (χ0n) is 15.2. The molecule has 3 amide bonds. The number of hydrogen-bond donors (Lipinski definition) is 1. The van der Waals surface area contributed by atoms with Crippen LogP contribution in [0.3, 0.4) is 0 Å². The standard InChI is InChI=1S/C21H18F2N2O3/c1-21(15-7-8-16(22)17(23)10-15)19(27)25(20(28)24-21)11-18(26)14-6-5-12-3-2-4-13(12)9-14/h5-10H,2-4,11H2,1H3,(H,24,28)/t21-/m0/s1. The first-order chi connectivity index (χ1) is 13.3. The maximum Gasteiger partial charge on any atom is 0.325 e. The van der Waals surface area contributed by atoms with Crippen LogP contribution in [-0.2, 0) is 23.2 Å². The van der Waals surface area contributed by atoms with Crippen LogP contribution in [0.15, 0.2) is 36.4 Å². The predicted molar refractivity (Wildman–Crippen MR) is 96.8 cm³/mol. The smallest absolute Gasteiger partial charge is 0.319 e. The average molecular weight is 384 g/mol. The molecule has 0 bridgehead atoms. The van der Waals surface area contributed by atoms with E-state index in [0.29, 0.717) is 5.56 Å². The van der Waals surface area contributed by atoms with Crippen molar-refractivity contribution in [2.75, 3.05) is 6.54 Å². The number of benzene rings is 2. The van der Waals surface area contributed by atoms with Crippen molar-refractivity contribution in [1.29, 1.82) is 0 Å². The Bertz CT molecular complexity index is 1020. The van der Waals surface area contributed by atoms with Crippen LogP contribution in [0.2, 0.25) is 0 Å². The molecule has 1 aliphatic carbocycles. The molecule has 2 aromatic carbocycles. The van der Waals surface area contributed by atoms with Gasteiger partial charge in [-0.15, -0.1) is 0 Å². The van der Waals surface area contributed by atoms with Gasteiger partial charge in [0.15, 0.2) is 17.4 Å². The van der Waals surface area contributed by atoms with Gasteiger partial charge in [0.05, 0.1) is 6.54 Å². The van der Waals surface area contributed by atoms with Gasteiger partial charge in [-0.05, 0) is 61.1 Å². The first-order valence-corrected chi connectivity index (χ1v) is 9.04. The van der Waals surface area contributed by atoms with E-state index in [9.17, 15) is 23.2 Å². The maximum absolute atomic E-state index is 13.6. The van der Waals surface area contributed by atoms with Crippen LogP contribution in [0.4, 0.5) is 13.6 Å². The molecule has 1 atom stereocenters. The summed E-state index contributed by atoms with van der Waals surface area (Å²) in [6.07, 6.45) is 2.95. The van der Waals surface area contributed by atoms with Crippen molar-refractivity contribution >= 4 is 17.7 Å². The SMILES string of the molecule is C[C@@]1(c2ccc(F)c(F)c2)NC(=O)N(CC(=O)c2ccc3c(c2)CCC3)C1=O. The van der Waals surface area contributed by atoms with Crippen molar-refractivity contribution in [3.05, 3.63) is 70.3 Å². The second-order valence-electron chi connectivity index (χ2n) is 7.34. The summed E-state index contributed by atoms with van der Waals surface area (Å²) >= 11 is 0. The van der Waals surface area contributed by atoms with E-state index >= 15 is 0 Å². The van der Waals surface area contributed by atoms with Crippen LogP contribution in [0.1, 0.15) is 40.4 Å². The molecule has 7 heteroatoms. The van der Waals surface area contributed by atoms with Crippen LogP contribution in [0.25, 0.3) is 0 Å². The lowest BCUT2D eigenvalue weighted by atomic mass is 9.92. The molecule has 144 valence electrons. The number of imide groups is 1. The Morgan fingerprint density at radius 1 is 1.07 bits per heavy atom. The summed E-state index contributed by atoms with van der Waals surface area (Å²) in [7, 11) is 0. The molecule has 28 heavy (non-hydrogen) atoms. The second-order valence-corrected chi connectivity index (χ2v) is 7.34. The molecule has 1 fully saturated rings. The van der Waals surface area contributed by atoms with Gasteiger partial charge in [0.2, 0.25) is 0 Å². The van der Waals surface area contributed by atoms with Crippen molar-refractivity contribution in [3.8, 4) is 0 Å². The Labute approximate surface area is 160 Å². The molecule has 0 spiro atoms. The van der Waals surface area contributed by atoms with Crippen molar-refractivity contribution in [2.45, 2.75) is 31.7 Å². The maximum atomic E-state index is 13.6. The summed E-state index contributed by atoms with van der Waals surface area (Å²) in [5.41, 5.74) is 1.33. The summed E-state index contributed by atoms with van der Waals surface area (Å²) in [5.74, 6) is -3.20. The van der Waals surface area contributed by atoms with Crippen LogP contribution in [-0.4, -0.2) is 29.2 Å². The van der Waals surface area contributed by atoms with E-state index in [4.69, 9.17) is 0 Å². The third-order valence-electron chi connectivity index (χ3n) is 5.49. The summed E-state index contributed by atoms with van der Waals surface area (Å²) in [6, 6.07) is 7.70. The molecule has 0 radical (unpaired) electrons. The van der Waals surface area contributed by atoms with Crippen LogP contribution < -0.4 is 5.32 Å². The fourth-order valence-corrected chi connectivity index (χ4v) is 3.82. The van der Waals surface area contributed by atoms with Gasteiger partial charge in [0.1, 0.15) is 5.54 Å². The number of carbonyl (C=O) groups excluding carboxylic acids is 3. The molecule has 1 N–H and O–H groups in total. The van der Waals surface area contributed by atoms with E-state index in [2.05, 4.69) is 5.32 Å². The highest BCUT2D eigenvalue weighted by atomic mass is 19.2. The number of amides is 3. The number of halogens is 2. The van der Waals surface area contributed by atoms with Crippen molar-refractivity contribution < 1.29 is 23.2 Å². The Morgan fingerprint density at radius 3 is 2.57 bits per heavy atom. The zero-order chi connectivity index (χ0) is 20.1. The minimum atomic E-state index is -1.57. The summed E-state index contributed by atoms with van der Waals surface area (Å²) < 4.78 is 26.8. The van der Waals surface area contributed by atoms with Gasteiger partial charge in [-0.3, -0.25) is 14.5 Å². The molecule has 0 aromatic heterocycles. The minimum Gasteiger partial charge on any atom is -0.319 e. The van der Waals surface area contributed by atoms with Crippen LogP contribution in [0.5, 0.6) is 0 Å². The highest BCUT2D eigenvalue weighted by Crippen LogP contribution is 2.30. The molecule has 5 nitrogen and oxygen atoms in total. The lowest BCUT2D eigenvalue weighted by molar-refractivity contribution is -0.130. The Balaban J connectivity index is 1.57. The van der Waals surface area contributed by atoms with Gasteiger partial charge in [0, 0.05) is 5.56 Å². The number of ketones is 1. The topological polar surface area (TPSA) is 66.5 Å². The molecule has 0 saturated carbocycles. The number of hydrogen-bond acceptors (Lipinski definition) is 3. The van der Waals surface area contributed by atoms with E-state index in [1.54, 1.807) is 6.07 Å². The van der Waals surface area contributed by atoms with Crippen molar-refractivity contribution in [1.82, 2.24) is 10.2 Å². The van der Waals surface area contributed by atoms with Gasteiger partial charge < -0.3 is 5.32 Å². The number of rotatable bonds is 4. The van der Waals surface area contributed by atoms with E-state index in [-0.39, 0.29) is 11.3 Å². The Hall–Kier alpha value is -3.09. The van der Waals surface area contributed by atoms with E-state index < -0.39 is 35.7 Å².